The number of carbonyl (C=O) groups excluding carboxylic acids is 1. The molecule has 1 saturated heterocycles. The van der Waals surface area contributed by atoms with Gasteiger partial charge < -0.3 is 10.6 Å². The zero-order valence-corrected chi connectivity index (χ0v) is 13.3. The molecular weight excluding hydrogens is 250 g/mol. The molecule has 0 spiro atoms. The summed E-state index contributed by atoms with van der Waals surface area (Å²) >= 11 is 0. The summed E-state index contributed by atoms with van der Waals surface area (Å²) in [6.07, 6.45) is 8.55. The standard InChI is InChI=1S/C16H31N3O/c1-12(17-3)15-10-6-7-11-19(15)13(2)16(20)18-14-8-4-5-9-14/h12-15,17H,4-11H2,1-3H3,(H,18,20). The van der Waals surface area contributed by atoms with Crippen LogP contribution in [0.25, 0.3) is 0 Å². The van der Waals surface area contributed by atoms with Gasteiger partial charge in [-0.2, -0.15) is 0 Å². The molecule has 1 aliphatic carbocycles. The number of nitrogens with one attached hydrogen (secondary N) is 2. The summed E-state index contributed by atoms with van der Waals surface area (Å²) in [5.74, 6) is 0.229. The van der Waals surface area contributed by atoms with E-state index in [4.69, 9.17) is 0 Å². The molecule has 2 N–H and O–H groups in total. The molecule has 4 nitrogen and oxygen atoms in total. The Bertz CT molecular complexity index is 315. The van der Waals surface area contributed by atoms with Crippen LogP contribution in [0.2, 0.25) is 0 Å². The molecule has 0 aromatic rings. The number of hydrogen-bond donors (Lipinski definition) is 2. The Balaban J connectivity index is 1.93. The molecule has 2 fully saturated rings. The number of carbonyl (C=O) groups is 1. The lowest BCUT2D eigenvalue weighted by atomic mass is 9.94. The highest BCUT2D eigenvalue weighted by molar-refractivity contribution is 5.81. The Labute approximate surface area is 123 Å². The average molecular weight is 281 g/mol. The Hall–Kier alpha value is -0.610. The lowest BCUT2D eigenvalue weighted by Crippen LogP contribution is -2.57. The molecule has 0 aromatic heterocycles. The van der Waals surface area contributed by atoms with Crippen LogP contribution in [0, 0.1) is 0 Å². The highest BCUT2D eigenvalue weighted by atomic mass is 16.2. The lowest BCUT2D eigenvalue weighted by molar-refractivity contribution is -0.128. The Kier molecular flexibility index (Phi) is 5.85. The molecule has 1 amide bonds. The molecule has 0 radical (unpaired) electrons. The topological polar surface area (TPSA) is 44.4 Å². The van der Waals surface area contributed by atoms with E-state index in [1.165, 1.54) is 32.1 Å². The molecule has 116 valence electrons. The minimum absolute atomic E-state index is 0.00306. The van der Waals surface area contributed by atoms with Gasteiger partial charge in [0.15, 0.2) is 0 Å². The van der Waals surface area contributed by atoms with Crippen LogP contribution < -0.4 is 10.6 Å². The first-order valence-corrected chi connectivity index (χ1v) is 8.37. The Morgan fingerprint density at radius 3 is 2.40 bits per heavy atom. The summed E-state index contributed by atoms with van der Waals surface area (Å²) in [5, 5.41) is 6.61. The van der Waals surface area contributed by atoms with Crippen molar-refractivity contribution in [1.29, 1.82) is 0 Å². The molecule has 1 saturated carbocycles. The van der Waals surface area contributed by atoms with Crippen molar-refractivity contribution in [3.8, 4) is 0 Å². The fraction of sp³-hybridized carbons (Fsp3) is 0.938. The van der Waals surface area contributed by atoms with Crippen molar-refractivity contribution >= 4 is 5.91 Å². The molecular formula is C16H31N3O. The second-order valence-electron chi connectivity index (χ2n) is 6.54. The summed E-state index contributed by atoms with van der Waals surface area (Å²) < 4.78 is 0. The van der Waals surface area contributed by atoms with E-state index in [0.717, 1.165) is 19.4 Å². The second kappa shape index (κ2) is 7.41. The van der Waals surface area contributed by atoms with Crippen molar-refractivity contribution in [2.45, 2.75) is 83.0 Å². The zero-order valence-electron chi connectivity index (χ0n) is 13.3. The number of likely N-dealkylation sites (tertiary alicyclic amines) is 1. The molecule has 1 heterocycles. The molecule has 2 aliphatic rings. The van der Waals surface area contributed by atoms with E-state index in [9.17, 15) is 4.79 Å². The second-order valence-corrected chi connectivity index (χ2v) is 6.54. The van der Waals surface area contributed by atoms with E-state index < -0.39 is 0 Å². The van der Waals surface area contributed by atoms with Gasteiger partial charge in [-0.15, -0.1) is 0 Å². The fourth-order valence-corrected chi connectivity index (χ4v) is 3.73. The van der Waals surface area contributed by atoms with Crippen LogP contribution in [0.5, 0.6) is 0 Å². The quantitative estimate of drug-likeness (QED) is 0.809. The number of rotatable bonds is 5. The van der Waals surface area contributed by atoms with Crippen LogP contribution >= 0.6 is 0 Å². The predicted octanol–water partition coefficient (Wildman–Crippen LogP) is 1.90. The van der Waals surface area contributed by atoms with Gasteiger partial charge in [-0.3, -0.25) is 9.69 Å². The summed E-state index contributed by atoms with van der Waals surface area (Å²) in [6.45, 7) is 5.35. The van der Waals surface area contributed by atoms with Crippen LogP contribution in [-0.2, 0) is 4.79 Å². The Morgan fingerprint density at radius 2 is 1.75 bits per heavy atom. The van der Waals surface area contributed by atoms with Crippen LogP contribution in [0.4, 0.5) is 0 Å². The number of nitrogens with zero attached hydrogens (tertiary/aromatic N) is 1. The monoisotopic (exact) mass is 281 g/mol. The predicted molar refractivity (Wildman–Crippen MR) is 82.7 cm³/mol. The van der Waals surface area contributed by atoms with E-state index in [0.29, 0.717) is 18.1 Å². The first-order valence-electron chi connectivity index (χ1n) is 8.37. The van der Waals surface area contributed by atoms with Gasteiger partial charge in [0.25, 0.3) is 0 Å². The summed E-state index contributed by atoms with van der Waals surface area (Å²) in [4.78, 5) is 14.9. The van der Waals surface area contributed by atoms with Gasteiger partial charge >= 0.3 is 0 Å². The lowest BCUT2D eigenvalue weighted by Gasteiger charge is -2.42. The number of likely N-dealkylation sites (N-methyl/N-ethyl adjacent to an activating group) is 1. The van der Waals surface area contributed by atoms with Gasteiger partial charge in [-0.1, -0.05) is 19.3 Å². The number of piperidine rings is 1. The third-order valence-corrected chi connectivity index (χ3v) is 5.20. The van der Waals surface area contributed by atoms with Crippen LogP contribution in [0.15, 0.2) is 0 Å². The normalized spacial score (nSPS) is 28.2. The maximum atomic E-state index is 12.5. The summed E-state index contributed by atoms with van der Waals surface area (Å²) in [5.41, 5.74) is 0. The first-order chi connectivity index (χ1) is 9.63. The van der Waals surface area contributed by atoms with Gasteiger partial charge in [0.1, 0.15) is 0 Å². The van der Waals surface area contributed by atoms with Crippen molar-refractivity contribution < 1.29 is 4.79 Å². The molecule has 20 heavy (non-hydrogen) atoms. The minimum Gasteiger partial charge on any atom is -0.352 e. The van der Waals surface area contributed by atoms with Crippen molar-refractivity contribution in [3.05, 3.63) is 0 Å². The van der Waals surface area contributed by atoms with Crippen molar-refractivity contribution in [3.63, 3.8) is 0 Å². The molecule has 3 atom stereocenters. The van der Waals surface area contributed by atoms with Gasteiger partial charge in [0, 0.05) is 18.1 Å². The largest absolute Gasteiger partial charge is 0.352 e. The smallest absolute Gasteiger partial charge is 0.237 e. The van der Waals surface area contributed by atoms with Gasteiger partial charge in [-0.25, -0.2) is 0 Å². The van der Waals surface area contributed by atoms with E-state index in [2.05, 4.69) is 29.4 Å². The zero-order chi connectivity index (χ0) is 14.5. The highest BCUT2D eigenvalue weighted by Crippen LogP contribution is 2.23. The molecule has 4 heteroatoms. The number of amides is 1. The maximum Gasteiger partial charge on any atom is 0.237 e. The third-order valence-electron chi connectivity index (χ3n) is 5.20. The third kappa shape index (κ3) is 3.73. The van der Waals surface area contributed by atoms with E-state index >= 15 is 0 Å². The Morgan fingerprint density at radius 1 is 1.10 bits per heavy atom. The molecule has 3 unspecified atom stereocenters. The minimum atomic E-state index is -0.00306. The molecule has 1 aliphatic heterocycles. The SMILES string of the molecule is CNC(C)C1CCCCN1C(C)C(=O)NC1CCCC1. The molecule has 0 bridgehead atoms. The fourth-order valence-electron chi connectivity index (χ4n) is 3.73. The van der Waals surface area contributed by atoms with Crippen LogP contribution in [0.1, 0.15) is 58.8 Å². The van der Waals surface area contributed by atoms with Crippen molar-refractivity contribution in [1.82, 2.24) is 15.5 Å². The molecule has 2 rings (SSSR count). The highest BCUT2D eigenvalue weighted by Gasteiger charge is 2.33. The van der Waals surface area contributed by atoms with Crippen molar-refractivity contribution in [2.24, 2.45) is 0 Å². The molecule has 0 aromatic carbocycles. The van der Waals surface area contributed by atoms with Crippen LogP contribution in [-0.4, -0.2) is 48.6 Å². The first kappa shape index (κ1) is 15.8. The van der Waals surface area contributed by atoms with Gasteiger partial charge in [-0.05, 0) is 53.1 Å². The summed E-state index contributed by atoms with van der Waals surface area (Å²) in [7, 11) is 2.01. The summed E-state index contributed by atoms with van der Waals surface area (Å²) in [6, 6.07) is 1.35. The van der Waals surface area contributed by atoms with Crippen molar-refractivity contribution in [2.75, 3.05) is 13.6 Å². The van der Waals surface area contributed by atoms with E-state index in [1.807, 2.05) is 7.05 Å². The van der Waals surface area contributed by atoms with E-state index in [1.54, 1.807) is 0 Å². The number of hydrogen-bond acceptors (Lipinski definition) is 3. The van der Waals surface area contributed by atoms with Gasteiger partial charge in [0.05, 0.1) is 6.04 Å². The maximum absolute atomic E-state index is 12.5. The van der Waals surface area contributed by atoms with E-state index in [-0.39, 0.29) is 11.9 Å². The van der Waals surface area contributed by atoms with Crippen LogP contribution in [0.3, 0.4) is 0 Å². The van der Waals surface area contributed by atoms with Gasteiger partial charge in [0.2, 0.25) is 5.91 Å². The average Bonchev–Trinajstić information content (AvgIpc) is 2.98.